The second-order valence-electron chi connectivity index (χ2n) is 4.82. The van der Waals surface area contributed by atoms with Gasteiger partial charge in [-0.1, -0.05) is 23.7 Å². The van der Waals surface area contributed by atoms with Gasteiger partial charge in [-0.25, -0.2) is 17.5 Å². The fourth-order valence-electron chi connectivity index (χ4n) is 2.07. The highest BCUT2D eigenvalue weighted by Gasteiger charge is 2.22. The summed E-state index contributed by atoms with van der Waals surface area (Å²) in [5.74, 6) is -0.507. The fourth-order valence-corrected chi connectivity index (χ4v) is 3.64. The van der Waals surface area contributed by atoms with Crippen molar-refractivity contribution in [1.82, 2.24) is 4.72 Å². The van der Waals surface area contributed by atoms with E-state index >= 15 is 0 Å². The molecule has 0 aliphatic heterocycles. The van der Waals surface area contributed by atoms with Crippen LogP contribution in [0.4, 0.5) is 4.39 Å². The molecule has 2 aromatic carbocycles. The SMILES string of the molecule is Cc1cc(F)ccc1S(=O)(=O)NC(CO)c1ccc(Cl)cc1. The van der Waals surface area contributed by atoms with Crippen LogP contribution in [0.15, 0.2) is 47.4 Å². The molecule has 1 unspecified atom stereocenters. The number of aryl methyl sites for hydroxylation is 1. The van der Waals surface area contributed by atoms with E-state index in [-0.39, 0.29) is 4.90 Å². The molecule has 1 atom stereocenters. The molecule has 7 heteroatoms. The molecular weight excluding hydrogens is 329 g/mol. The quantitative estimate of drug-likeness (QED) is 0.877. The normalized spacial score (nSPS) is 13.1. The second-order valence-corrected chi connectivity index (χ2v) is 6.94. The summed E-state index contributed by atoms with van der Waals surface area (Å²) in [6, 6.07) is 9.08. The minimum Gasteiger partial charge on any atom is -0.394 e. The minimum absolute atomic E-state index is 0.0266. The number of halogens is 2. The molecule has 2 N–H and O–H groups in total. The first-order valence-corrected chi connectivity index (χ1v) is 8.34. The van der Waals surface area contributed by atoms with E-state index in [1.807, 2.05) is 0 Å². The summed E-state index contributed by atoms with van der Waals surface area (Å²) < 4.78 is 40.3. The van der Waals surface area contributed by atoms with E-state index in [1.165, 1.54) is 13.0 Å². The van der Waals surface area contributed by atoms with Crippen molar-refractivity contribution in [2.24, 2.45) is 0 Å². The topological polar surface area (TPSA) is 66.4 Å². The van der Waals surface area contributed by atoms with Gasteiger partial charge in [0.1, 0.15) is 5.82 Å². The van der Waals surface area contributed by atoms with Crippen LogP contribution in [-0.2, 0) is 10.0 Å². The number of aliphatic hydroxyl groups is 1. The van der Waals surface area contributed by atoms with E-state index in [9.17, 15) is 17.9 Å². The summed E-state index contributed by atoms with van der Waals surface area (Å²) in [6.45, 7) is 1.09. The fraction of sp³-hybridized carbons (Fsp3) is 0.200. The lowest BCUT2D eigenvalue weighted by molar-refractivity contribution is 0.259. The molecule has 0 aliphatic carbocycles. The van der Waals surface area contributed by atoms with Crippen molar-refractivity contribution in [2.75, 3.05) is 6.61 Å². The van der Waals surface area contributed by atoms with Gasteiger partial charge in [-0.3, -0.25) is 0 Å². The molecule has 0 saturated carbocycles. The lowest BCUT2D eigenvalue weighted by atomic mass is 10.1. The Hall–Kier alpha value is -1.47. The largest absolute Gasteiger partial charge is 0.394 e. The maximum atomic E-state index is 13.1. The van der Waals surface area contributed by atoms with Gasteiger partial charge < -0.3 is 5.11 Å². The lowest BCUT2D eigenvalue weighted by Gasteiger charge is -2.18. The summed E-state index contributed by atoms with van der Waals surface area (Å²) in [5, 5.41) is 9.96. The number of aliphatic hydroxyl groups excluding tert-OH is 1. The van der Waals surface area contributed by atoms with Gasteiger partial charge in [0.2, 0.25) is 10.0 Å². The molecule has 0 aliphatic rings. The molecule has 0 bridgehead atoms. The summed E-state index contributed by atoms with van der Waals surface area (Å²) in [5.41, 5.74) is 0.871. The zero-order valence-electron chi connectivity index (χ0n) is 11.8. The third-order valence-electron chi connectivity index (χ3n) is 3.18. The van der Waals surface area contributed by atoms with Crippen molar-refractivity contribution in [3.05, 3.63) is 64.4 Å². The zero-order chi connectivity index (χ0) is 16.3. The van der Waals surface area contributed by atoms with Crippen molar-refractivity contribution < 1.29 is 17.9 Å². The van der Waals surface area contributed by atoms with E-state index in [1.54, 1.807) is 24.3 Å². The van der Waals surface area contributed by atoms with Crippen LogP contribution in [0.2, 0.25) is 5.02 Å². The van der Waals surface area contributed by atoms with Crippen LogP contribution in [0.1, 0.15) is 17.2 Å². The van der Waals surface area contributed by atoms with Gasteiger partial charge in [0.15, 0.2) is 0 Å². The molecule has 2 aromatic rings. The van der Waals surface area contributed by atoms with Gasteiger partial charge in [0.05, 0.1) is 17.5 Å². The highest BCUT2D eigenvalue weighted by atomic mass is 35.5. The van der Waals surface area contributed by atoms with E-state index in [0.29, 0.717) is 16.1 Å². The monoisotopic (exact) mass is 343 g/mol. The molecule has 22 heavy (non-hydrogen) atoms. The maximum Gasteiger partial charge on any atom is 0.241 e. The molecule has 0 heterocycles. The van der Waals surface area contributed by atoms with Crippen molar-refractivity contribution in [3.63, 3.8) is 0 Å². The Balaban J connectivity index is 2.31. The van der Waals surface area contributed by atoms with Crippen LogP contribution >= 0.6 is 11.6 Å². The Morgan fingerprint density at radius 2 is 1.86 bits per heavy atom. The summed E-state index contributed by atoms with van der Waals surface area (Å²) >= 11 is 5.79. The highest BCUT2D eigenvalue weighted by Crippen LogP contribution is 2.21. The molecule has 0 spiro atoms. The van der Waals surface area contributed by atoms with Crippen molar-refractivity contribution in [1.29, 1.82) is 0 Å². The summed E-state index contributed by atoms with van der Waals surface area (Å²) in [6.07, 6.45) is 0. The number of nitrogens with one attached hydrogen (secondary N) is 1. The van der Waals surface area contributed by atoms with Crippen molar-refractivity contribution in [2.45, 2.75) is 17.9 Å². The second kappa shape index (κ2) is 6.75. The number of hydrogen-bond donors (Lipinski definition) is 2. The third kappa shape index (κ3) is 3.84. The molecule has 0 radical (unpaired) electrons. The van der Waals surface area contributed by atoms with E-state index in [2.05, 4.69) is 4.72 Å². The first kappa shape index (κ1) is 16.9. The van der Waals surface area contributed by atoms with E-state index in [0.717, 1.165) is 12.1 Å². The molecule has 0 aromatic heterocycles. The lowest BCUT2D eigenvalue weighted by Crippen LogP contribution is -2.31. The molecule has 118 valence electrons. The number of sulfonamides is 1. The molecule has 4 nitrogen and oxygen atoms in total. The van der Waals surface area contributed by atoms with Gasteiger partial charge in [-0.2, -0.15) is 0 Å². The molecular formula is C15H15ClFNO3S. The number of hydrogen-bond acceptors (Lipinski definition) is 3. The Bertz CT molecular complexity index is 763. The summed E-state index contributed by atoms with van der Waals surface area (Å²) in [4.78, 5) is -0.0266. The first-order chi connectivity index (χ1) is 10.3. The van der Waals surface area contributed by atoms with Gasteiger partial charge in [-0.15, -0.1) is 0 Å². The van der Waals surface area contributed by atoms with Crippen LogP contribution < -0.4 is 4.72 Å². The van der Waals surface area contributed by atoms with Gasteiger partial charge in [0.25, 0.3) is 0 Å². The number of rotatable bonds is 5. The average molecular weight is 344 g/mol. The zero-order valence-corrected chi connectivity index (χ0v) is 13.3. The minimum atomic E-state index is -3.89. The molecule has 0 amide bonds. The average Bonchev–Trinajstić information content (AvgIpc) is 2.45. The van der Waals surface area contributed by atoms with Crippen molar-refractivity contribution >= 4 is 21.6 Å². The van der Waals surface area contributed by atoms with Gasteiger partial charge in [-0.05, 0) is 48.4 Å². The molecule has 0 saturated heterocycles. The smallest absolute Gasteiger partial charge is 0.241 e. The Morgan fingerprint density at radius 1 is 1.23 bits per heavy atom. The first-order valence-electron chi connectivity index (χ1n) is 6.48. The van der Waals surface area contributed by atoms with Gasteiger partial charge >= 0.3 is 0 Å². The van der Waals surface area contributed by atoms with Crippen LogP contribution in [0.5, 0.6) is 0 Å². The van der Waals surface area contributed by atoms with Crippen molar-refractivity contribution in [3.8, 4) is 0 Å². The Morgan fingerprint density at radius 3 is 2.41 bits per heavy atom. The van der Waals surface area contributed by atoms with Gasteiger partial charge in [0, 0.05) is 5.02 Å². The number of benzene rings is 2. The van der Waals surface area contributed by atoms with Crippen LogP contribution in [0.25, 0.3) is 0 Å². The standard InChI is InChI=1S/C15H15ClFNO3S/c1-10-8-13(17)6-7-15(10)22(20,21)18-14(9-19)11-2-4-12(16)5-3-11/h2-8,14,18-19H,9H2,1H3. The summed E-state index contributed by atoms with van der Waals surface area (Å²) in [7, 11) is -3.89. The Labute approximate surface area is 133 Å². The highest BCUT2D eigenvalue weighted by molar-refractivity contribution is 7.89. The Kier molecular flexibility index (Phi) is 5.18. The molecule has 2 rings (SSSR count). The van der Waals surface area contributed by atoms with Crippen LogP contribution in [-0.4, -0.2) is 20.1 Å². The predicted octanol–water partition coefficient (Wildman–Crippen LogP) is 2.80. The van der Waals surface area contributed by atoms with E-state index < -0.39 is 28.5 Å². The van der Waals surface area contributed by atoms with E-state index in [4.69, 9.17) is 11.6 Å². The van der Waals surface area contributed by atoms with Crippen LogP contribution in [0, 0.1) is 12.7 Å². The predicted molar refractivity (Wildman–Crippen MR) is 82.7 cm³/mol. The third-order valence-corrected chi connectivity index (χ3v) is 5.06. The van der Waals surface area contributed by atoms with Crippen LogP contribution in [0.3, 0.4) is 0 Å². The maximum absolute atomic E-state index is 13.1. The molecule has 0 fully saturated rings.